The maximum atomic E-state index is 14.7. The van der Waals surface area contributed by atoms with Crippen molar-refractivity contribution in [2.24, 2.45) is 5.92 Å². The van der Waals surface area contributed by atoms with Crippen molar-refractivity contribution in [3.63, 3.8) is 0 Å². The molecule has 14 heteroatoms. The highest BCUT2D eigenvalue weighted by Crippen LogP contribution is 2.56. The van der Waals surface area contributed by atoms with Gasteiger partial charge in [-0.25, -0.2) is 17.2 Å². The predicted octanol–water partition coefficient (Wildman–Crippen LogP) is 7.60. The number of carbonyl (C=O) groups is 1. The smallest absolute Gasteiger partial charge is 0.435 e. The minimum absolute atomic E-state index is 0.0674. The Morgan fingerprint density at radius 2 is 1.59 bits per heavy atom. The zero-order chi connectivity index (χ0) is 32.7. The fourth-order valence-electron chi connectivity index (χ4n) is 6.67. The van der Waals surface area contributed by atoms with Crippen LogP contribution in [-0.4, -0.2) is 49.8 Å². The monoisotopic (exact) mass is 653 g/mol. The lowest BCUT2D eigenvalue weighted by Crippen LogP contribution is -2.52. The number of hydrogen-bond donors (Lipinski definition) is 1. The molecule has 1 amide bonds. The second-order valence-electron chi connectivity index (χ2n) is 11.4. The number of rotatable bonds is 5. The average Bonchev–Trinajstić information content (AvgIpc) is 3.37. The molecule has 0 aromatic heterocycles. The largest absolute Gasteiger partial charge is 0.513 e. The number of aliphatic hydroxyl groups excluding tert-OH is 1. The highest BCUT2D eigenvalue weighted by molar-refractivity contribution is 7.92. The third-order valence-electron chi connectivity index (χ3n) is 8.91. The van der Waals surface area contributed by atoms with E-state index >= 15 is 0 Å². The van der Waals surface area contributed by atoms with Crippen LogP contribution in [0.1, 0.15) is 61.6 Å². The molecule has 2 atom stereocenters. The molecule has 2 aromatic carbocycles. The molecule has 0 radical (unpaired) electrons. The molecule has 44 heavy (non-hydrogen) atoms. The van der Waals surface area contributed by atoms with Crippen LogP contribution in [0.3, 0.4) is 0 Å². The van der Waals surface area contributed by atoms with E-state index in [0.717, 1.165) is 43.2 Å². The lowest BCUT2D eigenvalue weighted by molar-refractivity contribution is -0.348. The van der Waals surface area contributed by atoms with Gasteiger partial charge in [0.1, 0.15) is 10.6 Å². The quantitative estimate of drug-likeness (QED) is 0.205. The van der Waals surface area contributed by atoms with Gasteiger partial charge in [0.05, 0.1) is 16.7 Å². The maximum Gasteiger partial charge on any atom is 0.435 e. The summed E-state index contributed by atoms with van der Waals surface area (Å²) in [4.78, 5) is 12.3. The van der Waals surface area contributed by atoms with Gasteiger partial charge in [-0.2, -0.15) is 26.3 Å². The highest BCUT2D eigenvalue weighted by Gasteiger charge is 2.73. The summed E-state index contributed by atoms with van der Waals surface area (Å²) in [5, 5.41) is 8.98. The first-order valence-corrected chi connectivity index (χ1v) is 15.5. The standard InChI is InChI=1S/C22H17F8NO3S.C8H14O/c23-15-2-1-3-16(11-15)35(33,34)19-8-9-31(12-32)18(19)7-4-13-10-14(5-6-17(13)19)20(24,21(25,26)27)22(28,29)30;1-7(9)8-5-3-2-4-6-8/h1-3,5-6,10-12,18H,4,7-9H2;8-9H,1-6H2. The normalized spacial score (nSPS) is 22.8. The third-order valence-corrected chi connectivity index (χ3v) is 11.4. The number of benzene rings is 2. The minimum Gasteiger partial charge on any atom is -0.513 e. The van der Waals surface area contributed by atoms with Crippen molar-refractivity contribution >= 4 is 16.2 Å². The molecule has 0 spiro atoms. The number of aryl methyl sites for hydroxylation is 1. The lowest BCUT2D eigenvalue weighted by atomic mass is 9.77. The molecule has 1 aliphatic heterocycles. The summed E-state index contributed by atoms with van der Waals surface area (Å²) in [6, 6.07) is 4.38. The fourth-order valence-corrected chi connectivity index (χ4v) is 9.08. The fraction of sp³-hybridized carbons (Fsp3) is 0.500. The van der Waals surface area contributed by atoms with Crippen LogP contribution in [0.15, 0.2) is 59.7 Å². The Labute approximate surface area is 249 Å². The van der Waals surface area contributed by atoms with Crippen LogP contribution < -0.4 is 0 Å². The molecule has 1 saturated carbocycles. The molecule has 5 rings (SSSR count). The van der Waals surface area contributed by atoms with Crippen molar-refractivity contribution in [1.29, 1.82) is 0 Å². The van der Waals surface area contributed by atoms with Crippen LogP contribution in [0, 0.1) is 11.7 Å². The summed E-state index contributed by atoms with van der Waals surface area (Å²) in [5.74, 6) is -0.0679. The number of halogens is 8. The van der Waals surface area contributed by atoms with Gasteiger partial charge < -0.3 is 10.0 Å². The molecule has 2 unspecified atom stereocenters. The highest BCUT2D eigenvalue weighted by atomic mass is 32.2. The van der Waals surface area contributed by atoms with Crippen molar-refractivity contribution in [3.05, 3.63) is 77.3 Å². The van der Waals surface area contributed by atoms with Gasteiger partial charge >= 0.3 is 18.0 Å². The molecule has 2 aliphatic carbocycles. The van der Waals surface area contributed by atoms with Crippen LogP contribution in [0.2, 0.25) is 0 Å². The maximum absolute atomic E-state index is 14.7. The van der Waals surface area contributed by atoms with Crippen LogP contribution in [0.4, 0.5) is 35.1 Å². The van der Waals surface area contributed by atoms with E-state index in [-0.39, 0.29) is 43.0 Å². The minimum atomic E-state index is -6.33. The summed E-state index contributed by atoms with van der Waals surface area (Å²) in [6.45, 7) is 3.47. The number of hydrogen-bond acceptors (Lipinski definition) is 4. The number of alkyl halides is 7. The SMILES string of the molecule is C=C(O)C1CCCCC1.O=CN1CCC2(S(=O)(=O)c3cccc(F)c3)c3ccc(C(F)(C(F)(F)F)C(F)(F)F)cc3CCC12. The first-order valence-electron chi connectivity index (χ1n) is 14.0. The van der Waals surface area contributed by atoms with Crippen LogP contribution >= 0.6 is 0 Å². The van der Waals surface area contributed by atoms with Crippen LogP contribution in [-0.2, 0) is 31.5 Å². The van der Waals surface area contributed by atoms with Gasteiger partial charge in [0.15, 0.2) is 9.84 Å². The summed E-state index contributed by atoms with van der Waals surface area (Å²) in [7, 11) is -4.52. The Hall–Kier alpha value is -3.16. The Morgan fingerprint density at radius 3 is 2.11 bits per heavy atom. The molecule has 0 bridgehead atoms. The second kappa shape index (κ2) is 12.0. The Bertz CT molecular complexity index is 1490. The van der Waals surface area contributed by atoms with Gasteiger partial charge in [-0.3, -0.25) is 4.79 Å². The van der Waals surface area contributed by atoms with E-state index in [1.54, 1.807) is 0 Å². The topological polar surface area (TPSA) is 74.7 Å². The molecule has 2 fully saturated rings. The first-order chi connectivity index (χ1) is 20.4. The average molecular weight is 654 g/mol. The van der Waals surface area contributed by atoms with E-state index in [2.05, 4.69) is 6.58 Å². The van der Waals surface area contributed by atoms with Crippen molar-refractivity contribution in [3.8, 4) is 0 Å². The van der Waals surface area contributed by atoms with Crippen molar-refractivity contribution in [1.82, 2.24) is 4.90 Å². The van der Waals surface area contributed by atoms with E-state index in [0.29, 0.717) is 24.2 Å². The van der Waals surface area contributed by atoms with E-state index in [1.165, 1.54) is 24.2 Å². The summed E-state index contributed by atoms with van der Waals surface area (Å²) >= 11 is 0. The predicted molar refractivity (Wildman–Crippen MR) is 144 cm³/mol. The number of likely N-dealkylation sites (tertiary alicyclic amines) is 1. The van der Waals surface area contributed by atoms with E-state index in [1.807, 2.05) is 0 Å². The Balaban J connectivity index is 0.000000421. The summed E-state index contributed by atoms with van der Waals surface area (Å²) < 4.78 is 134. The van der Waals surface area contributed by atoms with Crippen LogP contribution in [0.25, 0.3) is 0 Å². The van der Waals surface area contributed by atoms with Gasteiger partial charge in [-0.1, -0.05) is 50.1 Å². The number of sulfone groups is 1. The summed E-state index contributed by atoms with van der Waals surface area (Å²) in [5.41, 5.74) is -7.76. The number of allylic oxidation sites excluding steroid dienone is 1. The van der Waals surface area contributed by atoms with Gasteiger partial charge in [0, 0.05) is 18.0 Å². The van der Waals surface area contributed by atoms with E-state index in [4.69, 9.17) is 5.11 Å². The number of aliphatic hydroxyl groups is 1. The van der Waals surface area contributed by atoms with Crippen molar-refractivity contribution in [2.45, 2.75) is 85.1 Å². The molecular weight excluding hydrogens is 622 g/mol. The van der Waals surface area contributed by atoms with Crippen LogP contribution in [0.5, 0.6) is 0 Å². The molecule has 1 N–H and O–H groups in total. The molecule has 1 heterocycles. The third kappa shape index (κ3) is 5.58. The van der Waals surface area contributed by atoms with Crippen molar-refractivity contribution < 1.29 is 53.4 Å². The van der Waals surface area contributed by atoms with Gasteiger partial charge in [0.25, 0.3) is 0 Å². The van der Waals surface area contributed by atoms with E-state index < -0.39 is 54.9 Å². The molecule has 1 saturated heterocycles. The molecule has 2 aromatic rings. The molecular formula is C30H31F8NO4S. The Morgan fingerprint density at radius 1 is 0.955 bits per heavy atom. The second-order valence-corrected chi connectivity index (χ2v) is 13.6. The molecule has 5 nitrogen and oxygen atoms in total. The number of fused-ring (bicyclic) bond motifs is 3. The molecule has 242 valence electrons. The Kier molecular flexibility index (Phi) is 9.18. The molecule has 3 aliphatic rings. The zero-order valence-electron chi connectivity index (χ0n) is 23.4. The number of nitrogens with zero attached hydrogens (tertiary/aromatic N) is 1. The van der Waals surface area contributed by atoms with Gasteiger partial charge in [-0.15, -0.1) is 0 Å². The van der Waals surface area contributed by atoms with E-state index in [9.17, 15) is 48.3 Å². The van der Waals surface area contributed by atoms with Gasteiger partial charge in [0.2, 0.25) is 6.41 Å². The zero-order valence-corrected chi connectivity index (χ0v) is 24.2. The first kappa shape index (κ1) is 33.7. The van der Waals surface area contributed by atoms with Crippen molar-refractivity contribution in [2.75, 3.05) is 6.54 Å². The number of amides is 1. The van der Waals surface area contributed by atoms with Gasteiger partial charge in [-0.05, 0) is 61.4 Å². The lowest BCUT2D eigenvalue weighted by Gasteiger charge is -2.42. The summed E-state index contributed by atoms with van der Waals surface area (Å²) in [6.07, 6.45) is -6.64. The number of carbonyl (C=O) groups excluding carboxylic acids is 1.